The van der Waals surface area contributed by atoms with Gasteiger partial charge in [-0.2, -0.15) is 0 Å². The molecule has 0 aliphatic carbocycles. The Morgan fingerprint density at radius 3 is 2.56 bits per heavy atom. The minimum absolute atomic E-state index is 0.107. The molecular weight excluding hydrogens is 250 g/mol. The first-order valence-electron chi connectivity index (χ1n) is 4.91. The normalized spacial score (nSPS) is 10.2. The van der Waals surface area contributed by atoms with E-state index in [1.165, 1.54) is 24.3 Å². The van der Waals surface area contributed by atoms with E-state index >= 15 is 0 Å². The third-order valence-electron chi connectivity index (χ3n) is 1.96. The van der Waals surface area contributed by atoms with Gasteiger partial charge in [-0.1, -0.05) is 12.1 Å². The van der Waals surface area contributed by atoms with E-state index in [-0.39, 0.29) is 11.4 Å². The van der Waals surface area contributed by atoms with Gasteiger partial charge in [-0.05, 0) is 6.07 Å². The zero-order valence-corrected chi connectivity index (χ0v) is 9.14. The number of alkyl halides is 2. The molecule has 0 bridgehead atoms. The standard InChI is InChI=1S/C10H10F2N2O4/c11-5-7(6-12)18-10(15)13-8-3-1-2-4-9(8)14(16)17/h1-4,7H,5-6H2,(H,13,15). The molecule has 0 aromatic heterocycles. The second kappa shape index (κ2) is 6.48. The van der Waals surface area contributed by atoms with Gasteiger partial charge in [0.05, 0.1) is 4.92 Å². The van der Waals surface area contributed by atoms with Crippen molar-refractivity contribution < 1.29 is 23.2 Å². The Morgan fingerprint density at radius 1 is 1.39 bits per heavy atom. The van der Waals surface area contributed by atoms with Crippen molar-refractivity contribution in [2.45, 2.75) is 6.10 Å². The summed E-state index contributed by atoms with van der Waals surface area (Å²) in [5.74, 6) is 0. The molecule has 1 N–H and O–H groups in total. The number of halogens is 2. The SMILES string of the molecule is O=C(Nc1ccccc1[N+](=O)[O-])OC(CF)CF. The Hall–Kier alpha value is -2.25. The number of amides is 1. The van der Waals surface area contributed by atoms with E-state index in [1.807, 2.05) is 0 Å². The lowest BCUT2D eigenvalue weighted by molar-refractivity contribution is -0.383. The smallest absolute Gasteiger partial charge is 0.412 e. The number of carbonyl (C=O) groups excluding carboxylic acids is 1. The third-order valence-corrected chi connectivity index (χ3v) is 1.96. The van der Waals surface area contributed by atoms with Crippen LogP contribution in [-0.2, 0) is 4.74 Å². The van der Waals surface area contributed by atoms with Crippen molar-refractivity contribution in [2.75, 3.05) is 18.7 Å². The molecule has 1 aromatic rings. The summed E-state index contributed by atoms with van der Waals surface area (Å²) in [6, 6.07) is 5.33. The predicted octanol–water partition coefficient (Wildman–Crippen LogP) is 2.45. The van der Waals surface area contributed by atoms with Crippen molar-refractivity contribution in [1.29, 1.82) is 0 Å². The first-order valence-corrected chi connectivity index (χ1v) is 4.91. The molecule has 0 aliphatic heterocycles. The van der Waals surface area contributed by atoms with Crippen LogP contribution in [0.25, 0.3) is 0 Å². The number of hydrogen-bond donors (Lipinski definition) is 1. The molecule has 0 radical (unpaired) electrons. The van der Waals surface area contributed by atoms with Crippen LogP contribution in [0.15, 0.2) is 24.3 Å². The van der Waals surface area contributed by atoms with Crippen LogP contribution in [0.3, 0.4) is 0 Å². The lowest BCUT2D eigenvalue weighted by atomic mass is 10.3. The summed E-state index contributed by atoms with van der Waals surface area (Å²) in [6.45, 7) is -2.33. The molecule has 1 amide bonds. The fourth-order valence-electron chi connectivity index (χ4n) is 1.13. The van der Waals surface area contributed by atoms with Crippen LogP contribution in [0.2, 0.25) is 0 Å². The van der Waals surface area contributed by atoms with Gasteiger partial charge in [0.25, 0.3) is 5.69 Å². The van der Waals surface area contributed by atoms with Crippen LogP contribution in [0.5, 0.6) is 0 Å². The zero-order chi connectivity index (χ0) is 13.5. The summed E-state index contributed by atoms with van der Waals surface area (Å²) in [4.78, 5) is 21.2. The van der Waals surface area contributed by atoms with E-state index in [1.54, 1.807) is 0 Å². The van der Waals surface area contributed by atoms with Gasteiger partial charge >= 0.3 is 6.09 Å². The number of nitro groups is 1. The quantitative estimate of drug-likeness (QED) is 0.651. The first kappa shape index (κ1) is 13.8. The number of nitro benzene ring substituents is 1. The predicted molar refractivity (Wildman–Crippen MR) is 58.9 cm³/mol. The van der Waals surface area contributed by atoms with Crippen LogP contribution in [0.4, 0.5) is 25.0 Å². The molecular formula is C10H10F2N2O4. The summed E-state index contributed by atoms with van der Waals surface area (Å²) < 4.78 is 28.6. The van der Waals surface area contributed by atoms with Gasteiger partial charge in [0, 0.05) is 6.07 Å². The Morgan fingerprint density at radius 2 is 2.00 bits per heavy atom. The molecule has 0 heterocycles. The van der Waals surface area contributed by atoms with Crippen molar-refractivity contribution in [2.24, 2.45) is 0 Å². The molecule has 0 atom stereocenters. The number of nitrogens with one attached hydrogen (secondary N) is 1. The lowest BCUT2D eigenvalue weighted by Crippen LogP contribution is -2.25. The summed E-state index contributed by atoms with van der Waals surface area (Å²) in [6.07, 6.45) is -2.66. The second-order valence-corrected chi connectivity index (χ2v) is 3.24. The number of nitrogens with zero attached hydrogens (tertiary/aromatic N) is 1. The topological polar surface area (TPSA) is 81.5 Å². The van der Waals surface area contributed by atoms with E-state index in [2.05, 4.69) is 10.1 Å². The number of hydrogen-bond acceptors (Lipinski definition) is 4. The summed E-state index contributed by atoms with van der Waals surface area (Å²) in [5, 5.41) is 12.7. The molecule has 1 aromatic carbocycles. The second-order valence-electron chi connectivity index (χ2n) is 3.24. The highest BCUT2D eigenvalue weighted by atomic mass is 19.1. The maximum absolute atomic E-state index is 12.1. The van der Waals surface area contributed by atoms with Gasteiger partial charge in [0.1, 0.15) is 19.0 Å². The van der Waals surface area contributed by atoms with Crippen molar-refractivity contribution >= 4 is 17.5 Å². The zero-order valence-electron chi connectivity index (χ0n) is 9.14. The van der Waals surface area contributed by atoms with Crippen molar-refractivity contribution in [3.8, 4) is 0 Å². The van der Waals surface area contributed by atoms with Crippen LogP contribution in [0, 0.1) is 10.1 Å². The maximum Gasteiger partial charge on any atom is 0.412 e. The fourth-order valence-corrected chi connectivity index (χ4v) is 1.13. The van der Waals surface area contributed by atoms with Gasteiger partial charge in [-0.25, -0.2) is 13.6 Å². The average molecular weight is 260 g/mol. The van der Waals surface area contributed by atoms with Crippen molar-refractivity contribution in [1.82, 2.24) is 0 Å². The molecule has 0 fully saturated rings. The van der Waals surface area contributed by atoms with E-state index in [9.17, 15) is 23.7 Å². The molecule has 0 spiro atoms. The Kier molecular flexibility index (Phi) is 4.97. The molecule has 0 unspecified atom stereocenters. The highest BCUT2D eigenvalue weighted by Gasteiger charge is 2.18. The van der Waals surface area contributed by atoms with Crippen molar-refractivity contribution in [3.63, 3.8) is 0 Å². The molecule has 8 heteroatoms. The lowest BCUT2D eigenvalue weighted by Gasteiger charge is -2.11. The number of rotatable bonds is 5. The molecule has 0 saturated carbocycles. The maximum atomic E-state index is 12.1. The Balaban J connectivity index is 2.73. The van der Waals surface area contributed by atoms with Crippen molar-refractivity contribution in [3.05, 3.63) is 34.4 Å². The third kappa shape index (κ3) is 3.65. The van der Waals surface area contributed by atoms with E-state index in [0.29, 0.717) is 0 Å². The van der Waals surface area contributed by atoms with Crippen LogP contribution in [-0.4, -0.2) is 30.5 Å². The van der Waals surface area contributed by atoms with E-state index in [0.717, 1.165) is 0 Å². The van der Waals surface area contributed by atoms with Gasteiger partial charge in [0.2, 0.25) is 0 Å². The van der Waals surface area contributed by atoms with Gasteiger partial charge in [-0.15, -0.1) is 0 Å². The van der Waals surface area contributed by atoms with Crippen LogP contribution < -0.4 is 5.32 Å². The molecule has 0 saturated heterocycles. The van der Waals surface area contributed by atoms with Crippen LogP contribution >= 0.6 is 0 Å². The van der Waals surface area contributed by atoms with Crippen LogP contribution in [0.1, 0.15) is 0 Å². The highest BCUT2D eigenvalue weighted by molar-refractivity contribution is 5.87. The summed E-state index contributed by atoms with van der Waals surface area (Å²) in [7, 11) is 0. The Labute approximate surface area is 101 Å². The van der Waals surface area contributed by atoms with Gasteiger partial charge < -0.3 is 4.74 Å². The minimum Gasteiger partial charge on any atom is -0.440 e. The molecule has 6 nitrogen and oxygen atoms in total. The van der Waals surface area contributed by atoms with Gasteiger partial charge in [-0.3, -0.25) is 15.4 Å². The number of para-hydroxylation sites is 2. The molecule has 1 rings (SSSR count). The fraction of sp³-hybridized carbons (Fsp3) is 0.300. The minimum atomic E-state index is -1.51. The molecule has 18 heavy (non-hydrogen) atoms. The number of anilines is 1. The molecule has 98 valence electrons. The average Bonchev–Trinajstić information content (AvgIpc) is 2.36. The van der Waals surface area contributed by atoms with E-state index in [4.69, 9.17) is 0 Å². The molecule has 0 aliphatic rings. The highest BCUT2D eigenvalue weighted by Crippen LogP contribution is 2.23. The largest absolute Gasteiger partial charge is 0.440 e. The number of benzene rings is 1. The summed E-state index contributed by atoms with van der Waals surface area (Å²) >= 11 is 0. The van der Waals surface area contributed by atoms with Gasteiger partial charge in [0.15, 0.2) is 6.10 Å². The first-order chi connectivity index (χ1) is 8.58. The monoisotopic (exact) mass is 260 g/mol. The Bertz CT molecular complexity index is 438. The van der Waals surface area contributed by atoms with E-state index < -0.39 is 30.5 Å². The number of ether oxygens (including phenoxy) is 1. The number of carbonyl (C=O) groups is 1. The summed E-state index contributed by atoms with van der Waals surface area (Å²) in [5.41, 5.74) is -0.449.